The van der Waals surface area contributed by atoms with Crippen molar-refractivity contribution in [3.8, 4) is 0 Å². The van der Waals surface area contributed by atoms with Crippen LogP contribution in [0.1, 0.15) is 79.1 Å². The number of ether oxygens (including phenoxy) is 1. The molecule has 4 fully saturated rings. The molecule has 3 heteroatoms. The SMILES string of the molecule is CC=C1CCC2C3CCC4CC(OC(C)=O)CCC4(C)C3C(=O)CC12C. The van der Waals surface area contributed by atoms with Crippen LogP contribution in [0.25, 0.3) is 0 Å². The van der Waals surface area contributed by atoms with E-state index in [1.807, 2.05) is 0 Å². The summed E-state index contributed by atoms with van der Waals surface area (Å²) in [6.07, 6.45) is 10.8. The Morgan fingerprint density at radius 2 is 1.96 bits per heavy atom. The Bertz CT molecular complexity index is 650. The highest BCUT2D eigenvalue weighted by Gasteiger charge is 2.62. The summed E-state index contributed by atoms with van der Waals surface area (Å²) in [4.78, 5) is 24.8. The molecule has 144 valence electrons. The molecule has 0 N–H and O–H groups in total. The summed E-state index contributed by atoms with van der Waals surface area (Å²) in [5.41, 5.74) is 1.75. The van der Waals surface area contributed by atoms with Crippen LogP contribution < -0.4 is 0 Å². The molecule has 0 aromatic carbocycles. The van der Waals surface area contributed by atoms with Gasteiger partial charge in [0, 0.05) is 19.3 Å². The van der Waals surface area contributed by atoms with Gasteiger partial charge in [0.15, 0.2) is 0 Å². The van der Waals surface area contributed by atoms with E-state index in [0.717, 1.165) is 25.7 Å². The van der Waals surface area contributed by atoms with Crippen molar-refractivity contribution in [2.75, 3.05) is 0 Å². The number of Topliss-reactive ketones (excluding diaryl/α,β-unsaturated/α-hetero) is 1. The number of allylic oxidation sites excluding steroid dienone is 2. The van der Waals surface area contributed by atoms with E-state index >= 15 is 0 Å². The highest BCUT2D eigenvalue weighted by Crippen LogP contribution is 2.66. The lowest BCUT2D eigenvalue weighted by atomic mass is 9.44. The minimum absolute atomic E-state index is 0.0622. The molecule has 0 radical (unpaired) electrons. The Balaban J connectivity index is 1.61. The zero-order valence-electron chi connectivity index (χ0n) is 16.8. The van der Waals surface area contributed by atoms with Crippen LogP contribution in [0.3, 0.4) is 0 Å². The van der Waals surface area contributed by atoms with Gasteiger partial charge in [-0.3, -0.25) is 9.59 Å². The second kappa shape index (κ2) is 6.21. The van der Waals surface area contributed by atoms with Crippen LogP contribution in [0.2, 0.25) is 0 Å². The van der Waals surface area contributed by atoms with Crippen molar-refractivity contribution in [2.24, 2.45) is 34.5 Å². The highest BCUT2D eigenvalue weighted by atomic mass is 16.5. The number of ketones is 1. The van der Waals surface area contributed by atoms with Crippen LogP contribution in [0.5, 0.6) is 0 Å². The van der Waals surface area contributed by atoms with Crippen LogP contribution in [0.4, 0.5) is 0 Å². The molecule has 0 aromatic heterocycles. The Labute approximate surface area is 157 Å². The molecule has 26 heavy (non-hydrogen) atoms. The molecule has 4 rings (SSSR count). The van der Waals surface area contributed by atoms with Crippen LogP contribution in [0, 0.1) is 34.5 Å². The van der Waals surface area contributed by atoms with Gasteiger partial charge in [-0.25, -0.2) is 0 Å². The van der Waals surface area contributed by atoms with E-state index in [9.17, 15) is 9.59 Å². The second-order valence-corrected chi connectivity index (χ2v) is 9.95. The number of carbonyl (C=O) groups excluding carboxylic acids is 2. The number of hydrogen-bond donors (Lipinski definition) is 0. The first-order valence-electron chi connectivity index (χ1n) is 10.6. The summed E-state index contributed by atoms with van der Waals surface area (Å²) in [6, 6.07) is 0. The van der Waals surface area contributed by atoms with E-state index in [0.29, 0.717) is 23.5 Å². The van der Waals surface area contributed by atoms with Gasteiger partial charge in [-0.2, -0.15) is 0 Å². The van der Waals surface area contributed by atoms with Crippen LogP contribution >= 0.6 is 0 Å². The minimum atomic E-state index is -0.165. The monoisotopic (exact) mass is 358 g/mol. The molecule has 4 saturated carbocycles. The molecule has 0 amide bonds. The molecule has 3 nitrogen and oxygen atoms in total. The van der Waals surface area contributed by atoms with Gasteiger partial charge in [0.05, 0.1) is 0 Å². The van der Waals surface area contributed by atoms with E-state index in [1.165, 1.54) is 38.2 Å². The van der Waals surface area contributed by atoms with Gasteiger partial charge >= 0.3 is 5.97 Å². The molecule has 4 aliphatic rings. The van der Waals surface area contributed by atoms with Gasteiger partial charge < -0.3 is 4.74 Å². The smallest absolute Gasteiger partial charge is 0.302 e. The third-order valence-corrected chi connectivity index (χ3v) is 8.83. The van der Waals surface area contributed by atoms with Crippen molar-refractivity contribution in [2.45, 2.75) is 85.2 Å². The van der Waals surface area contributed by atoms with Gasteiger partial charge in [-0.15, -0.1) is 0 Å². The topological polar surface area (TPSA) is 43.4 Å². The molecule has 7 unspecified atom stereocenters. The average molecular weight is 359 g/mol. The standard InChI is InChI=1S/C23H34O3/c1-5-15-7-9-19-18-8-6-16-12-17(26-14(2)24)10-11-22(16,3)21(18)20(25)13-23(15,19)4/h5,16-19,21H,6-13H2,1-4H3. The fourth-order valence-electron chi connectivity index (χ4n) is 7.70. The van der Waals surface area contributed by atoms with Gasteiger partial charge in [0.1, 0.15) is 11.9 Å². The van der Waals surface area contributed by atoms with Crippen LogP contribution in [-0.2, 0) is 14.3 Å². The predicted octanol–water partition coefficient (Wildman–Crippen LogP) is 5.09. The van der Waals surface area contributed by atoms with Crippen molar-refractivity contribution < 1.29 is 14.3 Å². The summed E-state index contributed by atoms with van der Waals surface area (Å²) in [6.45, 7) is 8.40. The Morgan fingerprint density at radius 3 is 2.65 bits per heavy atom. The fraction of sp³-hybridized carbons (Fsp3) is 0.826. The summed E-state index contributed by atoms with van der Waals surface area (Å²) in [5.74, 6) is 2.35. The van der Waals surface area contributed by atoms with E-state index in [1.54, 1.807) is 0 Å². The maximum Gasteiger partial charge on any atom is 0.302 e. The average Bonchev–Trinajstić information content (AvgIpc) is 2.90. The maximum atomic E-state index is 13.4. The molecule has 0 heterocycles. The third-order valence-electron chi connectivity index (χ3n) is 8.83. The molecule has 4 aliphatic carbocycles. The zero-order chi connectivity index (χ0) is 18.7. The molecule has 7 atom stereocenters. The summed E-state index contributed by atoms with van der Waals surface area (Å²) < 4.78 is 5.53. The normalized spacial score (nSPS) is 49.3. The van der Waals surface area contributed by atoms with E-state index in [4.69, 9.17) is 4.74 Å². The van der Waals surface area contributed by atoms with Gasteiger partial charge in [-0.05, 0) is 80.5 Å². The van der Waals surface area contributed by atoms with Crippen molar-refractivity contribution in [1.29, 1.82) is 0 Å². The molecule has 0 spiro atoms. The van der Waals surface area contributed by atoms with Crippen molar-refractivity contribution in [3.63, 3.8) is 0 Å². The summed E-state index contributed by atoms with van der Waals surface area (Å²) in [5, 5.41) is 0. The number of fused-ring (bicyclic) bond motifs is 5. The van der Waals surface area contributed by atoms with E-state index < -0.39 is 0 Å². The lowest BCUT2D eigenvalue weighted by molar-refractivity contribution is -0.166. The lowest BCUT2D eigenvalue weighted by Gasteiger charge is -2.59. The first-order valence-corrected chi connectivity index (χ1v) is 10.6. The number of esters is 1. The number of carbonyl (C=O) groups is 2. The molecule has 0 aromatic rings. The first kappa shape index (κ1) is 18.3. The Hall–Kier alpha value is -1.12. The minimum Gasteiger partial charge on any atom is -0.463 e. The fourth-order valence-corrected chi connectivity index (χ4v) is 7.70. The van der Waals surface area contributed by atoms with E-state index in [2.05, 4.69) is 26.8 Å². The van der Waals surface area contributed by atoms with Crippen molar-refractivity contribution >= 4 is 11.8 Å². The lowest BCUT2D eigenvalue weighted by Crippen LogP contribution is -2.57. The Morgan fingerprint density at radius 1 is 1.19 bits per heavy atom. The Kier molecular flexibility index (Phi) is 4.36. The third kappa shape index (κ3) is 2.52. The summed E-state index contributed by atoms with van der Waals surface area (Å²) in [7, 11) is 0. The number of rotatable bonds is 1. The van der Waals surface area contributed by atoms with Gasteiger partial charge in [0.2, 0.25) is 0 Å². The molecule has 0 saturated heterocycles. The van der Waals surface area contributed by atoms with Crippen LogP contribution in [-0.4, -0.2) is 17.9 Å². The van der Waals surface area contributed by atoms with Crippen molar-refractivity contribution in [1.82, 2.24) is 0 Å². The second-order valence-electron chi connectivity index (χ2n) is 9.95. The maximum absolute atomic E-state index is 13.4. The van der Waals surface area contributed by atoms with E-state index in [-0.39, 0.29) is 28.8 Å². The predicted molar refractivity (Wildman–Crippen MR) is 101 cm³/mol. The highest BCUT2D eigenvalue weighted by molar-refractivity contribution is 5.85. The quantitative estimate of drug-likeness (QED) is 0.484. The summed E-state index contributed by atoms with van der Waals surface area (Å²) >= 11 is 0. The van der Waals surface area contributed by atoms with Gasteiger partial charge in [0.25, 0.3) is 0 Å². The molecule has 0 bridgehead atoms. The molecular formula is C23H34O3. The molecule has 0 aliphatic heterocycles. The molecular weight excluding hydrogens is 324 g/mol. The largest absolute Gasteiger partial charge is 0.463 e. The first-order chi connectivity index (χ1) is 12.3. The van der Waals surface area contributed by atoms with Crippen LogP contribution in [0.15, 0.2) is 11.6 Å². The number of hydrogen-bond acceptors (Lipinski definition) is 3. The zero-order valence-corrected chi connectivity index (χ0v) is 16.8. The van der Waals surface area contributed by atoms with Crippen molar-refractivity contribution in [3.05, 3.63) is 11.6 Å². The van der Waals surface area contributed by atoms with Gasteiger partial charge in [-0.1, -0.05) is 25.5 Å².